The second-order valence-electron chi connectivity index (χ2n) is 10.1. The van der Waals surface area contributed by atoms with Crippen molar-refractivity contribution in [2.45, 2.75) is 83.5 Å². The molecule has 2 fully saturated rings. The van der Waals surface area contributed by atoms with Gasteiger partial charge < -0.3 is 4.74 Å². The fourth-order valence-electron chi connectivity index (χ4n) is 6.30. The molecule has 2 nitrogen and oxygen atoms in total. The number of ether oxygens (including phenoxy) is 1. The lowest BCUT2D eigenvalue weighted by molar-refractivity contribution is 0.0596. The summed E-state index contributed by atoms with van der Waals surface area (Å²) in [6, 6.07) is 6.21. The zero-order chi connectivity index (χ0) is 22.7. The second kappa shape index (κ2) is 10.3. The molecule has 0 heterocycles. The van der Waals surface area contributed by atoms with Crippen LogP contribution in [0.15, 0.2) is 24.3 Å². The SMILES string of the molecule is CCCCCCC1CCC2CC(c3cc4ccc(C(=O)OC)c(F)c4cc3F)CCC2C1. The molecule has 2 aromatic carbocycles. The lowest BCUT2D eigenvalue weighted by Gasteiger charge is -2.42. The third-order valence-electron chi connectivity index (χ3n) is 8.10. The summed E-state index contributed by atoms with van der Waals surface area (Å²) in [5.74, 6) is 0.758. The topological polar surface area (TPSA) is 26.3 Å². The van der Waals surface area contributed by atoms with Crippen LogP contribution < -0.4 is 0 Å². The van der Waals surface area contributed by atoms with E-state index in [9.17, 15) is 9.18 Å². The van der Waals surface area contributed by atoms with Crippen molar-refractivity contribution < 1.29 is 18.3 Å². The van der Waals surface area contributed by atoms with E-state index in [0.717, 1.165) is 24.7 Å². The highest BCUT2D eigenvalue weighted by Gasteiger charge is 2.36. The Kier molecular flexibility index (Phi) is 7.48. The van der Waals surface area contributed by atoms with Gasteiger partial charge in [0.25, 0.3) is 0 Å². The average molecular weight is 443 g/mol. The summed E-state index contributed by atoms with van der Waals surface area (Å²) in [7, 11) is 1.21. The van der Waals surface area contributed by atoms with E-state index in [1.54, 1.807) is 12.1 Å². The van der Waals surface area contributed by atoms with E-state index in [4.69, 9.17) is 0 Å². The predicted molar refractivity (Wildman–Crippen MR) is 125 cm³/mol. The first-order valence-electron chi connectivity index (χ1n) is 12.5. The molecule has 174 valence electrons. The minimum absolute atomic E-state index is 0.145. The minimum Gasteiger partial charge on any atom is -0.465 e. The Balaban J connectivity index is 1.45. The zero-order valence-electron chi connectivity index (χ0n) is 19.5. The number of carbonyl (C=O) groups excluding carboxylic acids is 1. The second-order valence-corrected chi connectivity index (χ2v) is 10.1. The lowest BCUT2D eigenvalue weighted by Crippen LogP contribution is -2.30. The first-order valence-corrected chi connectivity index (χ1v) is 12.5. The largest absolute Gasteiger partial charge is 0.465 e. The molecule has 4 unspecified atom stereocenters. The van der Waals surface area contributed by atoms with Crippen LogP contribution in [0.3, 0.4) is 0 Å². The molecule has 32 heavy (non-hydrogen) atoms. The van der Waals surface area contributed by atoms with E-state index in [2.05, 4.69) is 11.7 Å². The highest BCUT2D eigenvalue weighted by molar-refractivity contribution is 5.96. The molecule has 0 radical (unpaired) electrons. The van der Waals surface area contributed by atoms with Gasteiger partial charge in [-0.15, -0.1) is 0 Å². The predicted octanol–water partition coefficient (Wildman–Crippen LogP) is 8.18. The van der Waals surface area contributed by atoms with Gasteiger partial charge in [-0.1, -0.05) is 51.5 Å². The van der Waals surface area contributed by atoms with Crippen LogP contribution in [-0.2, 0) is 4.74 Å². The Bertz CT molecular complexity index is 954. The van der Waals surface area contributed by atoms with E-state index in [0.29, 0.717) is 16.9 Å². The molecule has 0 spiro atoms. The van der Waals surface area contributed by atoms with Gasteiger partial charge in [-0.2, -0.15) is 0 Å². The number of hydrogen-bond donors (Lipinski definition) is 0. The molecule has 2 aliphatic rings. The van der Waals surface area contributed by atoms with Gasteiger partial charge in [-0.05, 0) is 84.9 Å². The van der Waals surface area contributed by atoms with Crippen molar-refractivity contribution in [1.82, 2.24) is 0 Å². The molecule has 0 aromatic heterocycles. The maximum atomic E-state index is 15.1. The van der Waals surface area contributed by atoms with Gasteiger partial charge in [-0.3, -0.25) is 0 Å². The number of halogens is 2. The third-order valence-corrected chi connectivity index (χ3v) is 8.10. The molecule has 0 bridgehead atoms. The van der Waals surface area contributed by atoms with Crippen molar-refractivity contribution in [2.24, 2.45) is 17.8 Å². The van der Waals surface area contributed by atoms with Crippen molar-refractivity contribution in [2.75, 3.05) is 7.11 Å². The molecule has 2 aromatic rings. The van der Waals surface area contributed by atoms with Crippen LogP contribution in [0.25, 0.3) is 10.8 Å². The number of methoxy groups -OCH3 is 1. The summed E-state index contributed by atoms with van der Waals surface area (Å²) in [4.78, 5) is 11.8. The van der Waals surface area contributed by atoms with E-state index in [-0.39, 0.29) is 22.7 Å². The number of fused-ring (bicyclic) bond motifs is 2. The van der Waals surface area contributed by atoms with Crippen LogP contribution >= 0.6 is 0 Å². The Labute approximate surface area is 190 Å². The van der Waals surface area contributed by atoms with Crippen LogP contribution in [0.5, 0.6) is 0 Å². The van der Waals surface area contributed by atoms with E-state index in [1.807, 2.05) is 0 Å². The molecule has 0 N–H and O–H groups in total. The standard InChI is InChI=1S/C28H36F2O2/c1-3-4-5-6-7-18-8-9-20-15-21(11-10-19(20)14-18)24-16-22-12-13-23(28(31)32-2)27(30)25(22)17-26(24)29/h12-13,16-21H,3-11,14-15H2,1-2H3. The number of hydrogen-bond acceptors (Lipinski definition) is 2. The van der Waals surface area contributed by atoms with Crippen LogP contribution in [0.1, 0.15) is 99.4 Å². The molecule has 0 saturated heterocycles. The van der Waals surface area contributed by atoms with Crippen molar-refractivity contribution >= 4 is 16.7 Å². The quantitative estimate of drug-likeness (QED) is 0.319. The number of carbonyl (C=O) groups is 1. The van der Waals surface area contributed by atoms with Gasteiger partial charge in [0.1, 0.15) is 11.6 Å². The first kappa shape index (κ1) is 23.2. The number of unbranched alkanes of at least 4 members (excludes halogenated alkanes) is 3. The highest BCUT2D eigenvalue weighted by atomic mass is 19.1. The third kappa shape index (κ3) is 4.84. The Morgan fingerprint density at radius 1 is 1.00 bits per heavy atom. The normalized spacial score (nSPS) is 25.5. The van der Waals surface area contributed by atoms with Gasteiger partial charge >= 0.3 is 5.97 Å². The molecular weight excluding hydrogens is 406 g/mol. The lowest BCUT2D eigenvalue weighted by atomic mass is 9.63. The summed E-state index contributed by atoms with van der Waals surface area (Å²) in [5, 5.41) is 0.788. The molecule has 0 aliphatic heterocycles. The highest BCUT2D eigenvalue weighted by Crippen LogP contribution is 2.49. The fraction of sp³-hybridized carbons (Fsp3) is 0.607. The van der Waals surface area contributed by atoms with Crippen LogP contribution in [0.2, 0.25) is 0 Å². The summed E-state index contributed by atoms with van der Waals surface area (Å²) in [6.07, 6.45) is 13.9. The number of rotatable bonds is 7. The van der Waals surface area contributed by atoms with Gasteiger partial charge in [-0.25, -0.2) is 13.6 Å². The molecular formula is C28H36F2O2. The molecule has 2 saturated carbocycles. The summed E-state index contributed by atoms with van der Waals surface area (Å²) >= 11 is 0. The minimum atomic E-state index is -0.742. The summed E-state index contributed by atoms with van der Waals surface area (Å²) in [5.41, 5.74) is 0.557. The average Bonchev–Trinajstić information content (AvgIpc) is 2.81. The first-order chi connectivity index (χ1) is 15.5. The maximum absolute atomic E-state index is 15.1. The summed E-state index contributed by atoms with van der Waals surface area (Å²) < 4.78 is 34.5. The zero-order valence-corrected chi connectivity index (χ0v) is 19.5. The molecule has 4 atom stereocenters. The van der Waals surface area contributed by atoms with Crippen LogP contribution in [-0.4, -0.2) is 13.1 Å². The number of esters is 1. The Hall–Kier alpha value is -1.97. The maximum Gasteiger partial charge on any atom is 0.340 e. The number of benzene rings is 2. The van der Waals surface area contributed by atoms with E-state index >= 15 is 4.39 Å². The van der Waals surface area contributed by atoms with Crippen molar-refractivity contribution in [1.29, 1.82) is 0 Å². The fourth-order valence-corrected chi connectivity index (χ4v) is 6.30. The smallest absolute Gasteiger partial charge is 0.340 e. The van der Waals surface area contributed by atoms with Gasteiger partial charge in [0, 0.05) is 5.39 Å². The van der Waals surface area contributed by atoms with Crippen molar-refractivity contribution in [3.05, 3.63) is 47.0 Å². The van der Waals surface area contributed by atoms with Gasteiger partial charge in [0.05, 0.1) is 12.7 Å². The Morgan fingerprint density at radius 3 is 2.56 bits per heavy atom. The Morgan fingerprint density at radius 2 is 1.78 bits per heavy atom. The monoisotopic (exact) mass is 442 g/mol. The van der Waals surface area contributed by atoms with Gasteiger partial charge in [0.15, 0.2) is 0 Å². The van der Waals surface area contributed by atoms with Crippen molar-refractivity contribution in [3.63, 3.8) is 0 Å². The molecule has 2 aliphatic carbocycles. The van der Waals surface area contributed by atoms with E-state index in [1.165, 1.54) is 77.0 Å². The van der Waals surface area contributed by atoms with E-state index < -0.39 is 11.8 Å². The van der Waals surface area contributed by atoms with Crippen molar-refractivity contribution in [3.8, 4) is 0 Å². The molecule has 0 amide bonds. The summed E-state index contributed by atoms with van der Waals surface area (Å²) in [6.45, 7) is 2.26. The molecule has 4 rings (SSSR count). The van der Waals surface area contributed by atoms with Crippen LogP contribution in [0.4, 0.5) is 8.78 Å². The van der Waals surface area contributed by atoms with Gasteiger partial charge in [0.2, 0.25) is 0 Å². The molecule has 4 heteroatoms. The van der Waals surface area contributed by atoms with Crippen LogP contribution in [0, 0.1) is 29.4 Å².